The third-order valence-corrected chi connectivity index (χ3v) is 7.01. The summed E-state index contributed by atoms with van der Waals surface area (Å²) in [7, 11) is 1.80. The molecule has 8 heteroatoms. The normalized spacial score (nSPS) is 18.1. The standard InChI is InChI=1S/C27H32N6O2/c1-28-25-16-20(10-11-29-25)21-15-24(27(35)30-17-21)31-26(34)19-6-8-22(9-7-19)33-14-4-5-23(33)18-32-12-2-3-13-32/h6-11,15-17,23H,2-5,12-14,18H2,1H3,(H,28,29)(H,30,35)(H,31,34). The molecule has 0 radical (unpaired) electrons. The number of pyridine rings is 2. The van der Waals surface area contributed by atoms with E-state index in [2.05, 4.69) is 30.4 Å². The first-order valence-corrected chi connectivity index (χ1v) is 12.4. The van der Waals surface area contributed by atoms with Crippen LogP contribution in [0.4, 0.5) is 17.2 Å². The van der Waals surface area contributed by atoms with Crippen LogP contribution in [0.1, 0.15) is 36.0 Å². The molecule has 3 aromatic rings. The molecule has 8 nitrogen and oxygen atoms in total. The Labute approximate surface area is 205 Å². The number of rotatable bonds is 7. The SMILES string of the molecule is CNc1cc(-c2c[nH]c(=O)c(NC(=O)c3ccc(N4CCCC4CN4CCCC4)cc3)c2)ccn1. The minimum atomic E-state index is -0.344. The van der Waals surface area contributed by atoms with E-state index in [1.165, 1.54) is 38.8 Å². The molecule has 1 unspecified atom stereocenters. The number of carbonyl (C=O) groups is 1. The number of carbonyl (C=O) groups excluding carboxylic acids is 1. The van der Waals surface area contributed by atoms with Gasteiger partial charge >= 0.3 is 0 Å². The average molecular weight is 473 g/mol. The maximum absolute atomic E-state index is 12.9. The van der Waals surface area contributed by atoms with Gasteiger partial charge < -0.3 is 25.4 Å². The second-order valence-corrected chi connectivity index (χ2v) is 9.31. The highest BCUT2D eigenvalue weighted by Crippen LogP contribution is 2.27. The number of nitrogens with one attached hydrogen (secondary N) is 3. The number of aromatic amines is 1. The Balaban J connectivity index is 1.28. The molecule has 0 saturated carbocycles. The molecule has 2 aliphatic heterocycles. The fourth-order valence-corrected chi connectivity index (χ4v) is 5.12. The summed E-state index contributed by atoms with van der Waals surface area (Å²) in [6.45, 7) is 4.59. The van der Waals surface area contributed by atoms with Crippen LogP contribution < -0.4 is 21.1 Å². The van der Waals surface area contributed by atoms with Crippen molar-refractivity contribution in [3.8, 4) is 11.1 Å². The van der Waals surface area contributed by atoms with Gasteiger partial charge in [-0.3, -0.25) is 9.59 Å². The smallest absolute Gasteiger partial charge is 0.271 e. The molecular formula is C27H32N6O2. The van der Waals surface area contributed by atoms with Crippen LogP contribution in [0.25, 0.3) is 11.1 Å². The van der Waals surface area contributed by atoms with Gasteiger partial charge in [0.15, 0.2) is 0 Å². The van der Waals surface area contributed by atoms with Crippen LogP contribution in [-0.4, -0.2) is 60.0 Å². The van der Waals surface area contributed by atoms with Crippen LogP contribution in [0.2, 0.25) is 0 Å². The molecule has 0 aliphatic carbocycles. The van der Waals surface area contributed by atoms with E-state index in [0.29, 0.717) is 11.6 Å². The van der Waals surface area contributed by atoms with Gasteiger partial charge in [0.2, 0.25) is 0 Å². The van der Waals surface area contributed by atoms with E-state index in [0.717, 1.165) is 35.7 Å². The van der Waals surface area contributed by atoms with Gasteiger partial charge in [-0.25, -0.2) is 4.98 Å². The van der Waals surface area contributed by atoms with Gasteiger partial charge in [-0.2, -0.15) is 0 Å². The lowest BCUT2D eigenvalue weighted by molar-refractivity contribution is 0.102. The maximum Gasteiger partial charge on any atom is 0.271 e. The summed E-state index contributed by atoms with van der Waals surface area (Å²) in [4.78, 5) is 37.3. The minimum Gasteiger partial charge on any atom is -0.373 e. The second-order valence-electron chi connectivity index (χ2n) is 9.31. The Morgan fingerprint density at radius 1 is 1.06 bits per heavy atom. The predicted octanol–water partition coefficient (Wildman–Crippen LogP) is 3.80. The van der Waals surface area contributed by atoms with Gasteiger partial charge in [-0.05, 0) is 86.8 Å². The van der Waals surface area contributed by atoms with Crippen LogP contribution >= 0.6 is 0 Å². The van der Waals surface area contributed by atoms with Crippen LogP contribution in [0.5, 0.6) is 0 Å². The maximum atomic E-state index is 12.9. The Morgan fingerprint density at radius 2 is 1.86 bits per heavy atom. The van der Waals surface area contributed by atoms with Crippen molar-refractivity contribution in [2.24, 2.45) is 0 Å². The molecule has 35 heavy (non-hydrogen) atoms. The first kappa shape index (κ1) is 23.1. The second kappa shape index (κ2) is 10.3. The van der Waals surface area contributed by atoms with Crippen LogP contribution in [0, 0.1) is 0 Å². The third-order valence-electron chi connectivity index (χ3n) is 7.01. The van der Waals surface area contributed by atoms with Crippen molar-refractivity contribution in [1.29, 1.82) is 0 Å². The van der Waals surface area contributed by atoms with E-state index in [9.17, 15) is 9.59 Å². The summed E-state index contributed by atoms with van der Waals surface area (Å²) >= 11 is 0. The number of nitrogens with zero attached hydrogens (tertiary/aromatic N) is 3. The van der Waals surface area contributed by atoms with E-state index >= 15 is 0 Å². The van der Waals surface area contributed by atoms with Crippen molar-refractivity contribution < 1.29 is 4.79 Å². The summed E-state index contributed by atoms with van der Waals surface area (Å²) in [6.07, 6.45) is 8.36. The molecule has 0 spiro atoms. The lowest BCUT2D eigenvalue weighted by atomic mass is 10.1. The van der Waals surface area contributed by atoms with Crippen molar-refractivity contribution >= 4 is 23.1 Å². The van der Waals surface area contributed by atoms with Crippen LogP contribution in [0.3, 0.4) is 0 Å². The first-order chi connectivity index (χ1) is 17.1. The summed E-state index contributed by atoms with van der Waals surface area (Å²) in [5.41, 5.74) is 3.21. The highest BCUT2D eigenvalue weighted by molar-refractivity contribution is 6.04. The number of hydrogen-bond acceptors (Lipinski definition) is 6. The molecule has 3 N–H and O–H groups in total. The van der Waals surface area contributed by atoms with Crippen molar-refractivity contribution in [3.63, 3.8) is 0 Å². The molecule has 1 atom stereocenters. The first-order valence-electron chi connectivity index (χ1n) is 12.4. The quantitative estimate of drug-likeness (QED) is 0.484. The molecule has 5 rings (SSSR count). The van der Waals surface area contributed by atoms with E-state index in [4.69, 9.17) is 0 Å². The fourth-order valence-electron chi connectivity index (χ4n) is 5.12. The monoisotopic (exact) mass is 472 g/mol. The fraction of sp³-hybridized carbons (Fsp3) is 0.370. The Hall–Kier alpha value is -3.65. The van der Waals surface area contributed by atoms with E-state index in [1.807, 2.05) is 36.4 Å². The highest BCUT2D eigenvalue weighted by Gasteiger charge is 2.27. The predicted molar refractivity (Wildman–Crippen MR) is 140 cm³/mol. The molecule has 1 amide bonds. The molecule has 2 saturated heterocycles. The van der Waals surface area contributed by atoms with Crippen LogP contribution in [0.15, 0.2) is 59.7 Å². The molecule has 2 fully saturated rings. The van der Waals surface area contributed by atoms with Crippen molar-refractivity contribution in [2.75, 3.05) is 48.8 Å². The zero-order chi connectivity index (χ0) is 24.2. The van der Waals surface area contributed by atoms with Gasteiger partial charge in [-0.1, -0.05) is 0 Å². The molecule has 182 valence electrons. The van der Waals surface area contributed by atoms with Crippen molar-refractivity contribution in [3.05, 3.63) is 70.8 Å². The highest BCUT2D eigenvalue weighted by atomic mass is 16.2. The van der Waals surface area contributed by atoms with E-state index in [1.54, 1.807) is 25.5 Å². The van der Waals surface area contributed by atoms with Gasteiger partial charge in [0, 0.05) is 55.4 Å². The lowest BCUT2D eigenvalue weighted by Crippen LogP contribution is -2.39. The zero-order valence-corrected chi connectivity index (χ0v) is 20.1. The zero-order valence-electron chi connectivity index (χ0n) is 20.1. The number of benzene rings is 1. The minimum absolute atomic E-state index is 0.213. The van der Waals surface area contributed by atoms with Crippen LogP contribution in [-0.2, 0) is 0 Å². The topological polar surface area (TPSA) is 93.4 Å². The summed E-state index contributed by atoms with van der Waals surface area (Å²) < 4.78 is 0. The molecule has 2 aromatic heterocycles. The Morgan fingerprint density at radius 3 is 2.63 bits per heavy atom. The van der Waals surface area contributed by atoms with Gasteiger partial charge in [0.05, 0.1) is 0 Å². The molecule has 0 bridgehead atoms. The number of amides is 1. The molecule has 2 aliphatic rings. The Kier molecular flexibility index (Phi) is 6.81. The summed E-state index contributed by atoms with van der Waals surface area (Å²) in [5, 5.41) is 5.78. The summed E-state index contributed by atoms with van der Waals surface area (Å²) in [5.74, 6) is 0.417. The molecule has 4 heterocycles. The van der Waals surface area contributed by atoms with Crippen molar-refractivity contribution in [1.82, 2.24) is 14.9 Å². The van der Waals surface area contributed by atoms with Gasteiger partial charge in [0.1, 0.15) is 11.5 Å². The van der Waals surface area contributed by atoms with Gasteiger partial charge in [0.25, 0.3) is 11.5 Å². The molecular weight excluding hydrogens is 440 g/mol. The number of aromatic nitrogens is 2. The largest absolute Gasteiger partial charge is 0.373 e. The Bertz CT molecular complexity index is 1230. The number of hydrogen-bond donors (Lipinski definition) is 3. The van der Waals surface area contributed by atoms with Gasteiger partial charge in [-0.15, -0.1) is 0 Å². The van der Waals surface area contributed by atoms with E-state index in [-0.39, 0.29) is 17.2 Å². The third kappa shape index (κ3) is 5.22. The average Bonchev–Trinajstić information content (AvgIpc) is 3.58. The number of H-pyrrole nitrogens is 1. The summed E-state index contributed by atoms with van der Waals surface area (Å²) in [6, 6.07) is 13.7. The number of likely N-dealkylation sites (tertiary alicyclic amines) is 1. The lowest BCUT2D eigenvalue weighted by Gasteiger charge is -2.30. The number of anilines is 3. The molecule has 1 aromatic carbocycles. The van der Waals surface area contributed by atoms with E-state index < -0.39 is 0 Å². The van der Waals surface area contributed by atoms with Crippen molar-refractivity contribution in [2.45, 2.75) is 31.7 Å².